The highest BCUT2D eigenvalue weighted by Crippen LogP contribution is 2.36. The molecule has 0 fully saturated rings. The summed E-state index contributed by atoms with van der Waals surface area (Å²) in [5.74, 6) is -0.327. The summed E-state index contributed by atoms with van der Waals surface area (Å²) in [6.07, 6.45) is 0. The molecule has 7 nitrogen and oxygen atoms in total. The zero-order chi connectivity index (χ0) is 14.5. The molecule has 7 heteroatoms. The predicted molar refractivity (Wildman–Crippen MR) is 70.5 cm³/mol. The molecule has 20 heavy (non-hydrogen) atoms. The topological polar surface area (TPSA) is 95.5 Å². The van der Waals surface area contributed by atoms with E-state index >= 15 is 0 Å². The molecule has 0 heterocycles. The lowest BCUT2D eigenvalue weighted by molar-refractivity contribution is -0.396. The van der Waals surface area contributed by atoms with Crippen molar-refractivity contribution in [3.8, 4) is 5.75 Å². The monoisotopic (exact) mass is 274 g/mol. The SMILES string of the molecule is O=[N+]([O-])c1cccc([N+](=O)[O-])c1OCc1ccccc1. The van der Waals surface area contributed by atoms with Crippen molar-refractivity contribution in [2.24, 2.45) is 0 Å². The van der Waals surface area contributed by atoms with E-state index in [2.05, 4.69) is 0 Å². The summed E-state index contributed by atoms with van der Waals surface area (Å²) in [4.78, 5) is 20.4. The standard InChI is InChI=1S/C13H10N2O5/c16-14(17)11-7-4-8-12(15(18)19)13(11)20-9-10-5-2-1-3-6-10/h1-8H,9H2. The normalized spacial score (nSPS) is 10.0. The Bertz CT molecular complexity index is 610. The third-order valence-electron chi connectivity index (χ3n) is 2.59. The average molecular weight is 274 g/mol. The van der Waals surface area contributed by atoms with Crippen LogP contribution in [0.3, 0.4) is 0 Å². The zero-order valence-electron chi connectivity index (χ0n) is 10.3. The van der Waals surface area contributed by atoms with E-state index in [1.165, 1.54) is 18.2 Å². The number of nitrogens with zero attached hydrogens (tertiary/aromatic N) is 2. The molecule has 2 aromatic rings. The molecule has 0 unspecified atom stereocenters. The number of ether oxygens (including phenoxy) is 1. The molecule has 2 rings (SSSR count). The van der Waals surface area contributed by atoms with Crippen molar-refractivity contribution < 1.29 is 14.6 Å². The van der Waals surface area contributed by atoms with E-state index in [-0.39, 0.29) is 12.4 Å². The van der Waals surface area contributed by atoms with Crippen LogP contribution in [0.2, 0.25) is 0 Å². The van der Waals surface area contributed by atoms with Gasteiger partial charge in [-0.15, -0.1) is 0 Å². The van der Waals surface area contributed by atoms with Crippen LogP contribution in [0.4, 0.5) is 11.4 Å². The van der Waals surface area contributed by atoms with E-state index in [1.54, 1.807) is 24.3 Å². The highest BCUT2D eigenvalue weighted by molar-refractivity contribution is 5.59. The Labute approximate surface area is 113 Å². The van der Waals surface area contributed by atoms with Gasteiger partial charge in [0.2, 0.25) is 0 Å². The maximum Gasteiger partial charge on any atom is 0.318 e. The van der Waals surface area contributed by atoms with Crippen molar-refractivity contribution in [2.75, 3.05) is 0 Å². The number of hydrogen-bond acceptors (Lipinski definition) is 5. The van der Waals surface area contributed by atoms with Gasteiger partial charge in [0.25, 0.3) is 5.75 Å². The second-order valence-electron chi connectivity index (χ2n) is 3.91. The summed E-state index contributed by atoms with van der Waals surface area (Å²) in [6, 6.07) is 12.5. The third-order valence-corrected chi connectivity index (χ3v) is 2.59. The first-order valence-corrected chi connectivity index (χ1v) is 5.68. The molecular weight excluding hydrogens is 264 g/mol. The Kier molecular flexibility index (Phi) is 3.90. The molecule has 0 aromatic heterocycles. The zero-order valence-corrected chi connectivity index (χ0v) is 10.3. The molecule has 0 amide bonds. The number of para-hydroxylation sites is 1. The molecule has 0 spiro atoms. The highest BCUT2D eigenvalue weighted by Gasteiger charge is 2.26. The summed E-state index contributed by atoms with van der Waals surface area (Å²) in [6.45, 7) is 0.0204. The lowest BCUT2D eigenvalue weighted by atomic mass is 10.2. The number of nitro benzene ring substituents is 2. The Morgan fingerprint density at radius 1 is 0.850 bits per heavy atom. The summed E-state index contributed by atoms with van der Waals surface area (Å²) >= 11 is 0. The van der Waals surface area contributed by atoms with Crippen LogP contribution in [0.25, 0.3) is 0 Å². The van der Waals surface area contributed by atoms with Crippen molar-refractivity contribution in [1.82, 2.24) is 0 Å². The van der Waals surface area contributed by atoms with Gasteiger partial charge in [-0.1, -0.05) is 30.3 Å². The molecular formula is C13H10N2O5. The minimum absolute atomic E-state index is 0.0204. The fourth-order valence-corrected chi connectivity index (χ4v) is 1.68. The van der Waals surface area contributed by atoms with Gasteiger partial charge in [-0.3, -0.25) is 20.2 Å². The fourth-order valence-electron chi connectivity index (χ4n) is 1.68. The first kappa shape index (κ1) is 13.5. The third kappa shape index (κ3) is 2.89. The molecule has 0 N–H and O–H groups in total. The van der Waals surface area contributed by atoms with Crippen LogP contribution in [-0.2, 0) is 6.61 Å². The van der Waals surface area contributed by atoms with Crippen molar-refractivity contribution in [3.05, 3.63) is 74.3 Å². The molecule has 0 aliphatic rings. The lowest BCUT2D eigenvalue weighted by Crippen LogP contribution is -2.02. The molecule has 0 atom stereocenters. The molecule has 0 radical (unpaired) electrons. The number of rotatable bonds is 5. The molecule has 0 aliphatic heterocycles. The van der Waals surface area contributed by atoms with Crippen LogP contribution in [0.15, 0.2) is 48.5 Å². The summed E-state index contributed by atoms with van der Waals surface area (Å²) in [5, 5.41) is 21.8. The van der Waals surface area contributed by atoms with Gasteiger partial charge in [0.15, 0.2) is 0 Å². The lowest BCUT2D eigenvalue weighted by Gasteiger charge is -2.07. The van der Waals surface area contributed by atoms with Crippen molar-refractivity contribution >= 4 is 11.4 Å². The first-order valence-electron chi connectivity index (χ1n) is 5.68. The Morgan fingerprint density at radius 3 is 1.90 bits per heavy atom. The van der Waals surface area contributed by atoms with Gasteiger partial charge in [-0.05, 0) is 11.6 Å². The van der Waals surface area contributed by atoms with Gasteiger partial charge < -0.3 is 4.74 Å². The molecule has 0 saturated heterocycles. The minimum atomic E-state index is -0.701. The van der Waals surface area contributed by atoms with Crippen molar-refractivity contribution in [1.29, 1.82) is 0 Å². The number of benzene rings is 2. The van der Waals surface area contributed by atoms with Gasteiger partial charge in [0, 0.05) is 12.1 Å². The van der Waals surface area contributed by atoms with E-state index in [0.29, 0.717) is 0 Å². The van der Waals surface area contributed by atoms with E-state index < -0.39 is 21.2 Å². The molecule has 0 bridgehead atoms. The van der Waals surface area contributed by atoms with Crippen LogP contribution in [0.1, 0.15) is 5.56 Å². The fraction of sp³-hybridized carbons (Fsp3) is 0.0769. The molecule has 2 aromatic carbocycles. The Balaban J connectivity index is 2.33. The largest absolute Gasteiger partial charge is 0.477 e. The molecule has 102 valence electrons. The van der Waals surface area contributed by atoms with Gasteiger partial charge in [0.05, 0.1) is 9.85 Å². The van der Waals surface area contributed by atoms with Crippen LogP contribution in [0.5, 0.6) is 5.75 Å². The van der Waals surface area contributed by atoms with Crippen LogP contribution < -0.4 is 4.74 Å². The molecule has 0 aliphatic carbocycles. The highest BCUT2D eigenvalue weighted by atomic mass is 16.6. The second kappa shape index (κ2) is 5.79. The predicted octanol–water partition coefficient (Wildman–Crippen LogP) is 3.08. The summed E-state index contributed by atoms with van der Waals surface area (Å²) in [7, 11) is 0. The summed E-state index contributed by atoms with van der Waals surface area (Å²) in [5.41, 5.74) is -0.0785. The number of hydrogen-bond donors (Lipinski definition) is 0. The minimum Gasteiger partial charge on any atom is -0.477 e. The van der Waals surface area contributed by atoms with Gasteiger partial charge in [-0.2, -0.15) is 0 Å². The molecule has 0 saturated carbocycles. The second-order valence-corrected chi connectivity index (χ2v) is 3.91. The van der Waals surface area contributed by atoms with Gasteiger partial charge >= 0.3 is 11.4 Å². The van der Waals surface area contributed by atoms with E-state index in [1.807, 2.05) is 6.07 Å². The van der Waals surface area contributed by atoms with Crippen LogP contribution in [-0.4, -0.2) is 9.85 Å². The van der Waals surface area contributed by atoms with Crippen LogP contribution in [0, 0.1) is 20.2 Å². The van der Waals surface area contributed by atoms with E-state index in [9.17, 15) is 20.2 Å². The summed E-state index contributed by atoms with van der Waals surface area (Å²) < 4.78 is 5.29. The maximum absolute atomic E-state index is 10.9. The van der Waals surface area contributed by atoms with E-state index in [0.717, 1.165) is 5.56 Å². The quantitative estimate of drug-likeness (QED) is 0.616. The van der Waals surface area contributed by atoms with Crippen molar-refractivity contribution in [2.45, 2.75) is 6.61 Å². The first-order chi connectivity index (χ1) is 9.59. The smallest absolute Gasteiger partial charge is 0.318 e. The Hall–Kier alpha value is -2.96. The van der Waals surface area contributed by atoms with Crippen LogP contribution >= 0.6 is 0 Å². The van der Waals surface area contributed by atoms with Crippen molar-refractivity contribution in [3.63, 3.8) is 0 Å². The van der Waals surface area contributed by atoms with Gasteiger partial charge in [0.1, 0.15) is 6.61 Å². The van der Waals surface area contributed by atoms with Gasteiger partial charge in [-0.25, -0.2) is 0 Å². The average Bonchev–Trinajstić information content (AvgIpc) is 2.45. The maximum atomic E-state index is 10.9. The van der Waals surface area contributed by atoms with E-state index in [4.69, 9.17) is 4.74 Å². The number of nitro groups is 2. The Morgan fingerprint density at radius 2 is 1.40 bits per heavy atom.